The summed E-state index contributed by atoms with van der Waals surface area (Å²) in [6.45, 7) is 2.09. The first-order chi connectivity index (χ1) is 11.2. The van der Waals surface area contributed by atoms with E-state index in [1.165, 1.54) is 49.7 Å². The lowest BCUT2D eigenvalue weighted by atomic mass is 9.48. The van der Waals surface area contributed by atoms with Crippen molar-refractivity contribution in [2.75, 3.05) is 0 Å². The van der Waals surface area contributed by atoms with Crippen LogP contribution in [0, 0.1) is 24.7 Å². The second-order valence-corrected chi connectivity index (χ2v) is 8.50. The third-order valence-corrected chi connectivity index (χ3v) is 6.74. The minimum Gasteiger partial charge on any atom is -0.256 e. The Bertz CT molecular complexity index is 675. The molecule has 4 saturated carbocycles. The highest BCUT2D eigenvalue weighted by molar-refractivity contribution is 5.59. The van der Waals surface area contributed by atoms with Crippen LogP contribution in [0.1, 0.15) is 49.7 Å². The summed E-state index contributed by atoms with van der Waals surface area (Å²) in [5.74, 6) is 3.04. The Morgan fingerprint density at radius 2 is 1.43 bits per heavy atom. The fourth-order valence-corrected chi connectivity index (χ4v) is 6.10. The van der Waals surface area contributed by atoms with E-state index in [-0.39, 0.29) is 0 Å². The quantitative estimate of drug-likeness (QED) is 0.711. The fraction of sp³-hybridized carbons (Fsp3) is 0.500. The Morgan fingerprint density at radius 3 is 1.96 bits per heavy atom. The minimum absolute atomic E-state index is 0.508. The van der Waals surface area contributed by atoms with Crippen LogP contribution in [0.25, 0.3) is 11.3 Å². The Balaban J connectivity index is 1.47. The first-order valence-electron chi connectivity index (χ1n) is 9.24. The molecule has 1 aromatic heterocycles. The van der Waals surface area contributed by atoms with E-state index in [1.807, 2.05) is 6.20 Å². The predicted molar refractivity (Wildman–Crippen MR) is 94.3 cm³/mol. The molecule has 0 N–H and O–H groups in total. The Hall–Kier alpha value is -1.63. The van der Waals surface area contributed by atoms with Crippen molar-refractivity contribution in [1.82, 2.24) is 4.98 Å². The molecule has 4 bridgehead atoms. The van der Waals surface area contributed by atoms with E-state index < -0.39 is 0 Å². The average molecular weight is 303 g/mol. The van der Waals surface area contributed by atoms with Gasteiger partial charge in [0.2, 0.25) is 0 Å². The minimum atomic E-state index is 0.508. The van der Waals surface area contributed by atoms with Gasteiger partial charge in [-0.1, -0.05) is 30.3 Å². The third-order valence-electron chi connectivity index (χ3n) is 6.74. The first-order valence-corrected chi connectivity index (χ1v) is 9.24. The van der Waals surface area contributed by atoms with Crippen LogP contribution in [-0.4, -0.2) is 4.98 Å². The average Bonchev–Trinajstić information content (AvgIpc) is 2.54. The number of hydrogen-bond donors (Lipinski definition) is 0. The van der Waals surface area contributed by atoms with E-state index in [0.29, 0.717) is 5.41 Å². The molecule has 2 aromatic rings. The lowest BCUT2D eigenvalue weighted by Gasteiger charge is -2.57. The maximum atomic E-state index is 4.57. The van der Waals surface area contributed by atoms with Gasteiger partial charge in [0.15, 0.2) is 0 Å². The zero-order valence-corrected chi connectivity index (χ0v) is 14.0. The zero-order chi connectivity index (χ0) is 15.4. The summed E-state index contributed by atoms with van der Waals surface area (Å²) in [4.78, 5) is 4.57. The van der Waals surface area contributed by atoms with Crippen molar-refractivity contribution in [3.63, 3.8) is 0 Å². The molecule has 1 heterocycles. The van der Waals surface area contributed by atoms with Crippen LogP contribution in [0.5, 0.6) is 0 Å². The van der Waals surface area contributed by atoms with Gasteiger partial charge in [0.05, 0.1) is 5.69 Å². The fourth-order valence-electron chi connectivity index (χ4n) is 6.10. The third kappa shape index (κ3) is 2.24. The van der Waals surface area contributed by atoms with E-state index in [2.05, 4.69) is 48.3 Å². The van der Waals surface area contributed by atoms with Crippen LogP contribution >= 0.6 is 0 Å². The van der Waals surface area contributed by atoms with Gasteiger partial charge in [0.25, 0.3) is 0 Å². The molecule has 4 fully saturated rings. The number of benzene rings is 1. The number of hydrogen-bond acceptors (Lipinski definition) is 1. The molecule has 0 atom stereocenters. The number of aromatic nitrogens is 1. The van der Waals surface area contributed by atoms with Crippen molar-refractivity contribution >= 4 is 0 Å². The predicted octanol–water partition coefficient (Wildman–Crippen LogP) is 5.52. The SMILES string of the molecule is Cc1ccc(-c2ccc(C34CC5CC(CC(C5)C3)C4)cc2)nc1. The molecule has 4 aliphatic rings. The molecule has 0 unspecified atom stereocenters. The van der Waals surface area contributed by atoms with Crippen molar-refractivity contribution in [2.45, 2.75) is 50.9 Å². The van der Waals surface area contributed by atoms with Crippen molar-refractivity contribution in [1.29, 1.82) is 0 Å². The molecule has 1 heteroatoms. The van der Waals surface area contributed by atoms with Crippen LogP contribution in [0.3, 0.4) is 0 Å². The molecule has 118 valence electrons. The molecule has 0 spiro atoms. The van der Waals surface area contributed by atoms with Crippen LogP contribution in [-0.2, 0) is 5.41 Å². The van der Waals surface area contributed by atoms with E-state index in [0.717, 1.165) is 23.4 Å². The van der Waals surface area contributed by atoms with E-state index in [4.69, 9.17) is 0 Å². The van der Waals surface area contributed by atoms with Gasteiger partial charge >= 0.3 is 0 Å². The van der Waals surface area contributed by atoms with Crippen LogP contribution in [0.4, 0.5) is 0 Å². The highest BCUT2D eigenvalue weighted by atomic mass is 14.7. The van der Waals surface area contributed by atoms with Crippen LogP contribution in [0.15, 0.2) is 42.6 Å². The van der Waals surface area contributed by atoms with Gasteiger partial charge in [-0.3, -0.25) is 4.98 Å². The van der Waals surface area contributed by atoms with Crippen molar-refractivity contribution in [3.8, 4) is 11.3 Å². The molecule has 4 aliphatic carbocycles. The van der Waals surface area contributed by atoms with Gasteiger partial charge in [-0.15, -0.1) is 0 Å². The molecule has 1 nitrogen and oxygen atoms in total. The van der Waals surface area contributed by atoms with Gasteiger partial charge in [-0.05, 0) is 85.8 Å². The van der Waals surface area contributed by atoms with Crippen molar-refractivity contribution in [2.24, 2.45) is 17.8 Å². The molecule has 23 heavy (non-hydrogen) atoms. The molecular weight excluding hydrogens is 278 g/mol. The molecular formula is C22H25N. The van der Waals surface area contributed by atoms with Gasteiger partial charge < -0.3 is 0 Å². The normalized spacial score (nSPS) is 34.7. The monoisotopic (exact) mass is 303 g/mol. The molecule has 0 saturated heterocycles. The molecule has 6 rings (SSSR count). The Morgan fingerprint density at radius 1 is 0.826 bits per heavy atom. The van der Waals surface area contributed by atoms with Crippen molar-refractivity contribution in [3.05, 3.63) is 53.7 Å². The first kappa shape index (κ1) is 13.8. The summed E-state index contributed by atoms with van der Waals surface area (Å²) < 4.78 is 0. The molecule has 0 amide bonds. The Labute approximate surface area is 139 Å². The largest absolute Gasteiger partial charge is 0.256 e. The van der Waals surface area contributed by atoms with Crippen LogP contribution < -0.4 is 0 Å². The van der Waals surface area contributed by atoms with E-state index in [1.54, 1.807) is 5.56 Å². The smallest absolute Gasteiger partial charge is 0.0702 e. The van der Waals surface area contributed by atoms with Gasteiger partial charge in [-0.2, -0.15) is 0 Å². The standard InChI is InChI=1S/C22H25N/c1-15-2-7-21(23-14-15)19-3-5-20(6-4-19)22-11-16-8-17(12-22)10-18(9-16)13-22/h2-7,14,16-18H,8-13H2,1H3. The van der Waals surface area contributed by atoms with Crippen LogP contribution in [0.2, 0.25) is 0 Å². The Kier molecular flexibility index (Phi) is 2.95. The summed E-state index contributed by atoms with van der Waals surface area (Å²) in [5, 5.41) is 0. The summed E-state index contributed by atoms with van der Waals surface area (Å²) in [6, 6.07) is 13.7. The van der Waals surface area contributed by atoms with E-state index in [9.17, 15) is 0 Å². The second-order valence-electron chi connectivity index (χ2n) is 8.50. The summed E-state index contributed by atoms with van der Waals surface area (Å²) in [7, 11) is 0. The lowest BCUT2D eigenvalue weighted by Crippen LogP contribution is -2.48. The molecule has 0 radical (unpaired) electrons. The maximum Gasteiger partial charge on any atom is 0.0702 e. The van der Waals surface area contributed by atoms with Crippen molar-refractivity contribution < 1.29 is 0 Å². The highest BCUT2D eigenvalue weighted by Crippen LogP contribution is 2.60. The van der Waals surface area contributed by atoms with E-state index >= 15 is 0 Å². The van der Waals surface area contributed by atoms with Gasteiger partial charge in [-0.25, -0.2) is 0 Å². The number of pyridine rings is 1. The highest BCUT2D eigenvalue weighted by Gasteiger charge is 2.51. The number of nitrogens with zero attached hydrogens (tertiary/aromatic N) is 1. The maximum absolute atomic E-state index is 4.57. The second kappa shape index (κ2) is 4.93. The summed E-state index contributed by atoms with van der Waals surface area (Å²) in [5.41, 5.74) is 5.67. The molecule has 0 aliphatic heterocycles. The summed E-state index contributed by atoms with van der Waals surface area (Å²) in [6.07, 6.45) is 10.9. The molecule has 1 aromatic carbocycles. The number of rotatable bonds is 2. The number of aryl methyl sites for hydroxylation is 1. The van der Waals surface area contributed by atoms with Gasteiger partial charge in [0, 0.05) is 11.8 Å². The summed E-state index contributed by atoms with van der Waals surface area (Å²) >= 11 is 0. The zero-order valence-electron chi connectivity index (χ0n) is 14.0. The topological polar surface area (TPSA) is 12.9 Å². The van der Waals surface area contributed by atoms with Gasteiger partial charge in [0.1, 0.15) is 0 Å². The lowest BCUT2D eigenvalue weighted by molar-refractivity contribution is -0.00518.